The Morgan fingerprint density at radius 1 is 1.47 bits per heavy atom. The van der Waals surface area contributed by atoms with Crippen molar-refractivity contribution in [2.45, 2.75) is 13.8 Å². The van der Waals surface area contributed by atoms with Crippen LogP contribution in [0.3, 0.4) is 0 Å². The first-order valence-electron chi connectivity index (χ1n) is 5.39. The van der Waals surface area contributed by atoms with Gasteiger partial charge in [-0.2, -0.15) is 0 Å². The molecule has 3 nitrogen and oxygen atoms in total. The van der Waals surface area contributed by atoms with Crippen molar-refractivity contribution in [3.63, 3.8) is 0 Å². The molecule has 1 rings (SSSR count). The van der Waals surface area contributed by atoms with Crippen LogP contribution in [-0.2, 0) is 9.53 Å². The smallest absolute Gasteiger partial charge is 0.335 e. The molecule has 92 valence electrons. The van der Waals surface area contributed by atoms with E-state index in [-0.39, 0.29) is 5.97 Å². The van der Waals surface area contributed by atoms with E-state index < -0.39 is 0 Å². The molecule has 0 saturated carbocycles. The number of carbonyl (C=O) groups is 1. The van der Waals surface area contributed by atoms with Gasteiger partial charge in [-0.1, -0.05) is 22.5 Å². The molecule has 0 aliphatic carbocycles. The number of benzene rings is 1. The van der Waals surface area contributed by atoms with Gasteiger partial charge in [0.15, 0.2) is 0 Å². The van der Waals surface area contributed by atoms with Gasteiger partial charge in [-0.15, -0.1) is 0 Å². The lowest BCUT2D eigenvalue weighted by Crippen LogP contribution is -2.14. The molecule has 1 aromatic rings. The highest BCUT2D eigenvalue weighted by Gasteiger charge is 2.07. The lowest BCUT2D eigenvalue weighted by atomic mass is 10.2. The Kier molecular flexibility index (Phi) is 5.22. The lowest BCUT2D eigenvalue weighted by molar-refractivity contribution is -0.138. The van der Waals surface area contributed by atoms with E-state index in [1.165, 1.54) is 0 Å². The van der Waals surface area contributed by atoms with E-state index in [9.17, 15) is 4.79 Å². The first-order valence-corrected chi connectivity index (χ1v) is 6.18. The van der Waals surface area contributed by atoms with Gasteiger partial charge in [-0.05, 0) is 37.6 Å². The second-order valence-corrected chi connectivity index (χ2v) is 4.61. The topological polar surface area (TPSA) is 38.3 Å². The standard InChI is InChI=1S/C13H16BrNO2/c1-4-17-13(16)10(3)8-15-12-6-9(2)5-11(14)7-12/h5-7,15H,3-4,8H2,1-2H3. The molecule has 17 heavy (non-hydrogen) atoms. The van der Waals surface area contributed by atoms with Gasteiger partial charge in [0.05, 0.1) is 6.61 Å². The zero-order valence-electron chi connectivity index (χ0n) is 10.0. The molecular formula is C13H16BrNO2. The molecule has 0 aliphatic heterocycles. The van der Waals surface area contributed by atoms with Crippen molar-refractivity contribution in [3.05, 3.63) is 40.4 Å². The van der Waals surface area contributed by atoms with Gasteiger partial charge in [0.2, 0.25) is 0 Å². The zero-order valence-corrected chi connectivity index (χ0v) is 11.6. The number of ether oxygens (including phenoxy) is 1. The average Bonchev–Trinajstić information content (AvgIpc) is 2.25. The SMILES string of the molecule is C=C(CNc1cc(C)cc(Br)c1)C(=O)OCC. The number of aryl methyl sites for hydroxylation is 1. The van der Waals surface area contributed by atoms with E-state index in [1.807, 2.05) is 25.1 Å². The third-order valence-electron chi connectivity index (χ3n) is 2.11. The minimum absolute atomic E-state index is 0.355. The Labute approximate surface area is 110 Å². The molecular weight excluding hydrogens is 282 g/mol. The summed E-state index contributed by atoms with van der Waals surface area (Å²) >= 11 is 3.42. The van der Waals surface area contributed by atoms with Crippen molar-refractivity contribution in [1.82, 2.24) is 0 Å². The maximum absolute atomic E-state index is 11.3. The maximum atomic E-state index is 11.3. The monoisotopic (exact) mass is 297 g/mol. The van der Waals surface area contributed by atoms with Crippen LogP contribution in [0.5, 0.6) is 0 Å². The van der Waals surface area contributed by atoms with E-state index in [1.54, 1.807) is 6.92 Å². The second kappa shape index (κ2) is 6.45. The third kappa shape index (κ3) is 4.61. The van der Waals surface area contributed by atoms with Gasteiger partial charge in [0.25, 0.3) is 0 Å². The Balaban J connectivity index is 2.55. The van der Waals surface area contributed by atoms with Crippen LogP contribution >= 0.6 is 15.9 Å². The summed E-state index contributed by atoms with van der Waals surface area (Å²) in [6.45, 7) is 8.22. The molecule has 0 fully saturated rings. The Bertz CT molecular complexity index is 409. The Morgan fingerprint density at radius 2 is 2.18 bits per heavy atom. The summed E-state index contributed by atoms with van der Waals surface area (Å²) in [7, 11) is 0. The van der Waals surface area contributed by atoms with Gasteiger partial charge in [-0.25, -0.2) is 4.79 Å². The quantitative estimate of drug-likeness (QED) is 0.669. The minimum Gasteiger partial charge on any atom is -0.463 e. The van der Waals surface area contributed by atoms with Crippen molar-refractivity contribution in [3.8, 4) is 0 Å². The van der Waals surface area contributed by atoms with Crippen LogP contribution in [0.4, 0.5) is 5.69 Å². The normalized spacial score (nSPS) is 9.82. The Hall–Kier alpha value is -1.29. The molecule has 0 saturated heterocycles. The summed E-state index contributed by atoms with van der Waals surface area (Å²) in [5, 5.41) is 3.14. The summed E-state index contributed by atoms with van der Waals surface area (Å²) < 4.78 is 5.85. The molecule has 0 spiro atoms. The van der Waals surface area contributed by atoms with E-state index in [0.29, 0.717) is 18.7 Å². The van der Waals surface area contributed by atoms with E-state index >= 15 is 0 Å². The fourth-order valence-corrected chi connectivity index (χ4v) is 1.96. The first-order chi connectivity index (χ1) is 8.02. The summed E-state index contributed by atoms with van der Waals surface area (Å²) in [5.41, 5.74) is 2.51. The van der Waals surface area contributed by atoms with Gasteiger partial charge >= 0.3 is 5.97 Å². The van der Waals surface area contributed by atoms with Crippen LogP contribution in [0.2, 0.25) is 0 Å². The average molecular weight is 298 g/mol. The zero-order chi connectivity index (χ0) is 12.8. The predicted octanol–water partition coefficient (Wildman–Crippen LogP) is 3.29. The maximum Gasteiger partial charge on any atom is 0.335 e. The van der Waals surface area contributed by atoms with Crippen molar-refractivity contribution in [2.24, 2.45) is 0 Å². The Morgan fingerprint density at radius 3 is 2.76 bits per heavy atom. The number of carbonyl (C=O) groups excluding carboxylic acids is 1. The van der Waals surface area contributed by atoms with Crippen LogP contribution in [0.25, 0.3) is 0 Å². The number of nitrogens with one attached hydrogen (secondary N) is 1. The minimum atomic E-state index is -0.355. The van der Waals surface area contributed by atoms with Gasteiger partial charge in [-0.3, -0.25) is 0 Å². The lowest BCUT2D eigenvalue weighted by Gasteiger charge is -2.09. The first kappa shape index (κ1) is 13.8. The summed E-state index contributed by atoms with van der Waals surface area (Å²) in [5.74, 6) is -0.355. The van der Waals surface area contributed by atoms with Crippen LogP contribution in [0.1, 0.15) is 12.5 Å². The fourth-order valence-electron chi connectivity index (χ4n) is 1.35. The molecule has 0 radical (unpaired) electrons. The highest BCUT2D eigenvalue weighted by molar-refractivity contribution is 9.10. The molecule has 1 aromatic carbocycles. The molecule has 0 aromatic heterocycles. The highest BCUT2D eigenvalue weighted by Crippen LogP contribution is 2.19. The number of rotatable bonds is 5. The number of anilines is 1. The molecule has 4 heteroatoms. The van der Waals surface area contributed by atoms with E-state index in [2.05, 4.69) is 27.8 Å². The molecule has 0 amide bonds. The molecule has 1 N–H and O–H groups in total. The molecule has 0 unspecified atom stereocenters. The van der Waals surface area contributed by atoms with Crippen molar-refractivity contribution < 1.29 is 9.53 Å². The fraction of sp³-hybridized carbons (Fsp3) is 0.308. The second-order valence-electron chi connectivity index (χ2n) is 3.69. The summed E-state index contributed by atoms with van der Waals surface area (Å²) in [6.07, 6.45) is 0. The van der Waals surface area contributed by atoms with Crippen molar-refractivity contribution >= 4 is 27.6 Å². The van der Waals surface area contributed by atoms with Crippen LogP contribution in [0, 0.1) is 6.92 Å². The molecule has 0 heterocycles. The summed E-state index contributed by atoms with van der Waals surface area (Å²) in [6, 6.07) is 5.97. The molecule has 0 atom stereocenters. The number of hydrogen-bond acceptors (Lipinski definition) is 3. The number of esters is 1. The van der Waals surface area contributed by atoms with Gasteiger partial charge in [0.1, 0.15) is 0 Å². The van der Waals surface area contributed by atoms with Crippen LogP contribution in [-0.4, -0.2) is 19.1 Å². The van der Waals surface area contributed by atoms with Gasteiger partial charge in [0, 0.05) is 22.3 Å². The highest BCUT2D eigenvalue weighted by atomic mass is 79.9. The van der Waals surface area contributed by atoms with Gasteiger partial charge < -0.3 is 10.1 Å². The van der Waals surface area contributed by atoms with E-state index in [0.717, 1.165) is 15.7 Å². The van der Waals surface area contributed by atoms with Crippen molar-refractivity contribution in [1.29, 1.82) is 0 Å². The summed E-state index contributed by atoms with van der Waals surface area (Å²) in [4.78, 5) is 11.3. The van der Waals surface area contributed by atoms with E-state index in [4.69, 9.17) is 4.74 Å². The molecule has 0 bridgehead atoms. The predicted molar refractivity (Wildman–Crippen MR) is 73.1 cm³/mol. The van der Waals surface area contributed by atoms with Crippen molar-refractivity contribution in [2.75, 3.05) is 18.5 Å². The van der Waals surface area contributed by atoms with Crippen LogP contribution in [0.15, 0.2) is 34.8 Å². The van der Waals surface area contributed by atoms with Crippen LogP contribution < -0.4 is 5.32 Å². The largest absolute Gasteiger partial charge is 0.463 e. The number of hydrogen-bond donors (Lipinski definition) is 1. The molecule has 0 aliphatic rings. The number of halogens is 1. The third-order valence-corrected chi connectivity index (χ3v) is 2.57.